The van der Waals surface area contributed by atoms with Gasteiger partial charge in [-0.05, 0) is 18.4 Å². The molecule has 0 aromatic heterocycles. The van der Waals surface area contributed by atoms with E-state index in [9.17, 15) is 4.79 Å². The van der Waals surface area contributed by atoms with Crippen LogP contribution in [-0.4, -0.2) is 46.4 Å². The normalized spacial score (nSPS) is 13.5. The van der Waals surface area contributed by atoms with Crippen molar-refractivity contribution in [3.63, 3.8) is 0 Å². The van der Waals surface area contributed by atoms with Gasteiger partial charge in [0.15, 0.2) is 0 Å². The fourth-order valence-corrected chi connectivity index (χ4v) is 1.16. The van der Waals surface area contributed by atoms with Crippen molar-refractivity contribution in [1.82, 2.24) is 5.06 Å². The summed E-state index contributed by atoms with van der Waals surface area (Å²) >= 11 is 1.56. The third kappa shape index (κ3) is 4.23. The molecule has 4 nitrogen and oxygen atoms in total. The van der Waals surface area contributed by atoms with E-state index in [1.54, 1.807) is 11.8 Å². The number of rotatable bonds is 5. The van der Waals surface area contributed by atoms with Gasteiger partial charge in [0, 0.05) is 7.05 Å². The summed E-state index contributed by atoms with van der Waals surface area (Å²) in [7, 11) is 1.35. The van der Waals surface area contributed by atoms with Crippen molar-refractivity contribution in [3.8, 4) is 0 Å². The zero-order valence-corrected chi connectivity index (χ0v) is 7.47. The van der Waals surface area contributed by atoms with E-state index in [4.69, 9.17) is 10.3 Å². The van der Waals surface area contributed by atoms with Gasteiger partial charge in [-0.25, -0.2) is 0 Å². The molecule has 0 radical (unpaired) electrons. The monoisotopic (exact) mass is 179 g/mol. The molecule has 66 valence electrons. The summed E-state index contributed by atoms with van der Waals surface area (Å²) < 4.78 is 0. The third-order valence-electron chi connectivity index (χ3n) is 1.33. The number of carboxylic acid groups (broad SMARTS) is 1. The molecule has 5 heteroatoms. The van der Waals surface area contributed by atoms with Gasteiger partial charge in [0.1, 0.15) is 6.04 Å². The second-order valence-electron chi connectivity index (χ2n) is 2.21. The van der Waals surface area contributed by atoms with Crippen molar-refractivity contribution < 1.29 is 15.1 Å². The van der Waals surface area contributed by atoms with Gasteiger partial charge in [0.2, 0.25) is 0 Å². The van der Waals surface area contributed by atoms with Crippen LogP contribution in [0.2, 0.25) is 0 Å². The molecule has 0 aliphatic carbocycles. The van der Waals surface area contributed by atoms with Gasteiger partial charge in [-0.3, -0.25) is 4.79 Å². The van der Waals surface area contributed by atoms with Gasteiger partial charge in [0.25, 0.3) is 0 Å². The number of aliphatic carboxylic acids is 1. The summed E-state index contributed by atoms with van der Waals surface area (Å²) in [6.45, 7) is 0. The van der Waals surface area contributed by atoms with Crippen LogP contribution >= 0.6 is 11.8 Å². The summed E-state index contributed by atoms with van der Waals surface area (Å²) in [5.41, 5.74) is 0. The van der Waals surface area contributed by atoms with Crippen molar-refractivity contribution in [3.05, 3.63) is 0 Å². The van der Waals surface area contributed by atoms with E-state index in [0.29, 0.717) is 6.42 Å². The molecule has 0 aliphatic rings. The molecule has 0 heterocycles. The van der Waals surface area contributed by atoms with E-state index < -0.39 is 12.0 Å². The minimum atomic E-state index is -0.982. The molecule has 1 atom stereocenters. The summed E-state index contributed by atoms with van der Waals surface area (Å²) in [4.78, 5) is 10.4. The molecule has 0 saturated carbocycles. The minimum absolute atomic E-state index is 0.462. The first-order valence-electron chi connectivity index (χ1n) is 3.23. The first-order chi connectivity index (χ1) is 5.09. The lowest BCUT2D eigenvalue weighted by atomic mass is 10.2. The lowest BCUT2D eigenvalue weighted by Crippen LogP contribution is -2.36. The Morgan fingerprint density at radius 2 is 2.27 bits per heavy atom. The number of nitrogens with zero attached hydrogens (tertiary/aromatic N) is 1. The van der Waals surface area contributed by atoms with Gasteiger partial charge in [-0.15, -0.1) is 0 Å². The van der Waals surface area contributed by atoms with Crippen LogP contribution < -0.4 is 0 Å². The van der Waals surface area contributed by atoms with Crippen molar-refractivity contribution >= 4 is 17.7 Å². The quantitative estimate of drug-likeness (QED) is 0.602. The Balaban J connectivity index is 3.80. The first-order valence-corrected chi connectivity index (χ1v) is 4.62. The van der Waals surface area contributed by atoms with E-state index in [2.05, 4.69) is 0 Å². The lowest BCUT2D eigenvalue weighted by Gasteiger charge is -2.16. The molecule has 0 rings (SSSR count). The van der Waals surface area contributed by atoms with E-state index in [0.717, 1.165) is 10.8 Å². The van der Waals surface area contributed by atoms with Gasteiger partial charge >= 0.3 is 5.97 Å². The summed E-state index contributed by atoms with van der Waals surface area (Å²) in [5.74, 6) is -0.244. The molecule has 1 unspecified atom stereocenters. The van der Waals surface area contributed by atoms with E-state index in [1.807, 2.05) is 6.26 Å². The highest BCUT2D eigenvalue weighted by molar-refractivity contribution is 7.98. The fourth-order valence-electron chi connectivity index (χ4n) is 0.700. The molecule has 0 saturated heterocycles. The number of thioether (sulfide) groups is 1. The van der Waals surface area contributed by atoms with Crippen molar-refractivity contribution in [1.29, 1.82) is 0 Å². The van der Waals surface area contributed by atoms with Crippen LogP contribution in [0, 0.1) is 0 Å². The smallest absolute Gasteiger partial charge is 0.323 e. The number of carbonyl (C=O) groups is 1. The largest absolute Gasteiger partial charge is 0.480 e. The first kappa shape index (κ1) is 10.7. The van der Waals surface area contributed by atoms with Crippen molar-refractivity contribution in [2.45, 2.75) is 12.5 Å². The number of hydrogen-bond acceptors (Lipinski definition) is 4. The average Bonchev–Trinajstić information content (AvgIpc) is 1.87. The fraction of sp³-hybridized carbons (Fsp3) is 0.833. The highest BCUT2D eigenvalue weighted by atomic mass is 32.2. The predicted octanol–water partition coefficient (Wildman–Crippen LogP) is 0.514. The molecule has 0 aromatic rings. The van der Waals surface area contributed by atoms with E-state index in [1.165, 1.54) is 7.05 Å². The molecular weight excluding hydrogens is 166 g/mol. The Labute approximate surface area is 70.2 Å². The zero-order valence-electron chi connectivity index (χ0n) is 6.65. The number of likely N-dealkylation sites (N-methyl/N-ethyl adjacent to an activating group) is 1. The Bertz CT molecular complexity index is 129. The van der Waals surface area contributed by atoms with Crippen LogP contribution in [0.3, 0.4) is 0 Å². The molecule has 0 fully saturated rings. The second-order valence-corrected chi connectivity index (χ2v) is 3.19. The molecule has 0 amide bonds. The SMILES string of the molecule is CSCCC(C(=O)O)N(C)O. The van der Waals surface area contributed by atoms with Gasteiger partial charge < -0.3 is 10.3 Å². The molecular formula is C6H13NO3S. The Morgan fingerprint density at radius 1 is 1.73 bits per heavy atom. The topological polar surface area (TPSA) is 60.8 Å². The molecule has 0 bridgehead atoms. The molecule has 11 heavy (non-hydrogen) atoms. The van der Waals surface area contributed by atoms with Crippen LogP contribution in [0.25, 0.3) is 0 Å². The molecule has 0 aromatic carbocycles. The molecule has 0 spiro atoms. The number of carboxylic acids is 1. The number of hydrogen-bond donors (Lipinski definition) is 2. The summed E-state index contributed by atoms with van der Waals surface area (Å²) in [6, 6.07) is -0.776. The Kier molecular flexibility index (Phi) is 5.27. The molecule has 2 N–H and O–H groups in total. The highest BCUT2D eigenvalue weighted by Crippen LogP contribution is 2.04. The van der Waals surface area contributed by atoms with Crippen molar-refractivity contribution in [2.75, 3.05) is 19.1 Å². The predicted molar refractivity (Wildman–Crippen MR) is 44.0 cm³/mol. The standard InChI is InChI=1S/C6H13NO3S/c1-7(10)5(6(8)9)3-4-11-2/h5,10H,3-4H2,1-2H3,(H,8,9). The van der Waals surface area contributed by atoms with Gasteiger partial charge in [0.05, 0.1) is 0 Å². The Hall–Kier alpha value is -0.260. The summed E-state index contributed by atoms with van der Waals surface area (Å²) in [5, 5.41) is 18.1. The minimum Gasteiger partial charge on any atom is -0.480 e. The Morgan fingerprint density at radius 3 is 2.55 bits per heavy atom. The zero-order chi connectivity index (χ0) is 8.85. The second kappa shape index (κ2) is 5.40. The van der Waals surface area contributed by atoms with Crippen LogP contribution in [0.1, 0.15) is 6.42 Å². The van der Waals surface area contributed by atoms with E-state index >= 15 is 0 Å². The summed E-state index contributed by atoms with van der Waals surface area (Å²) in [6.07, 6.45) is 2.36. The van der Waals surface area contributed by atoms with Crippen molar-refractivity contribution in [2.24, 2.45) is 0 Å². The van der Waals surface area contributed by atoms with Crippen LogP contribution in [0.15, 0.2) is 0 Å². The lowest BCUT2D eigenvalue weighted by molar-refractivity contribution is -0.162. The maximum Gasteiger partial charge on any atom is 0.323 e. The average molecular weight is 179 g/mol. The van der Waals surface area contributed by atoms with Crippen LogP contribution in [0.4, 0.5) is 0 Å². The maximum atomic E-state index is 10.4. The molecule has 0 aliphatic heterocycles. The number of hydroxylamine groups is 2. The van der Waals surface area contributed by atoms with Gasteiger partial charge in [-0.1, -0.05) is 0 Å². The van der Waals surface area contributed by atoms with Crippen LogP contribution in [-0.2, 0) is 4.79 Å². The third-order valence-corrected chi connectivity index (χ3v) is 1.98. The van der Waals surface area contributed by atoms with Crippen LogP contribution in [0.5, 0.6) is 0 Å². The maximum absolute atomic E-state index is 10.4. The highest BCUT2D eigenvalue weighted by Gasteiger charge is 2.20. The van der Waals surface area contributed by atoms with Gasteiger partial charge in [-0.2, -0.15) is 16.8 Å². The van der Waals surface area contributed by atoms with E-state index in [-0.39, 0.29) is 0 Å².